The monoisotopic (exact) mass is 165 g/mol. The second-order valence-electron chi connectivity index (χ2n) is 1.50. The lowest BCUT2D eigenvalue weighted by molar-refractivity contribution is -0.324. The van der Waals surface area contributed by atoms with Crippen molar-refractivity contribution in [3.8, 4) is 0 Å². The molecule has 0 fully saturated rings. The number of halogens is 1. The first-order valence-corrected chi connectivity index (χ1v) is 2.62. The Kier molecular flexibility index (Phi) is 1.66. The van der Waals surface area contributed by atoms with Crippen molar-refractivity contribution in [1.29, 1.82) is 0 Å². The third-order valence-electron chi connectivity index (χ3n) is 0.893. The molecule has 0 unspecified atom stereocenters. The van der Waals surface area contributed by atoms with Gasteiger partial charge in [-0.05, 0) is 11.6 Å². The number of hydrogen-bond donors (Lipinski definition) is 3. The van der Waals surface area contributed by atoms with Crippen molar-refractivity contribution in [2.24, 2.45) is 5.73 Å². The number of hydrogen-bond acceptors (Lipinski definition) is 6. The summed E-state index contributed by atoms with van der Waals surface area (Å²) < 4.78 is 0. The Bertz CT molecular complexity index is 203. The molecule has 56 valence electrons. The van der Waals surface area contributed by atoms with E-state index >= 15 is 0 Å². The smallest absolute Gasteiger partial charge is 0.274 e. The first kappa shape index (κ1) is 7.13. The number of nitrogens with zero attached hydrogens (tertiary/aromatic N) is 1. The van der Waals surface area contributed by atoms with Crippen LogP contribution in [-0.4, -0.2) is 15.7 Å². The molecule has 1 rings (SSSR count). The molecule has 1 heterocycles. The van der Waals surface area contributed by atoms with Crippen LogP contribution in [-0.2, 0) is 9.73 Å². The molecule has 0 saturated carbocycles. The van der Waals surface area contributed by atoms with Crippen LogP contribution in [0.15, 0.2) is 11.5 Å². The fraction of sp³-hybridized carbons (Fsp3) is 0. The number of carbonyl (C=O) groups excluding carboxylic acids is 1. The van der Waals surface area contributed by atoms with Gasteiger partial charge in [0.2, 0.25) is 0 Å². The minimum absolute atomic E-state index is 0.177. The molecule has 0 amide bonds. The maximum absolute atomic E-state index is 10.3. The Balaban J connectivity index is 2.85. The molecule has 10 heavy (non-hydrogen) atoms. The van der Waals surface area contributed by atoms with Crippen LogP contribution in [0.5, 0.6) is 0 Å². The Morgan fingerprint density at radius 2 is 2.50 bits per heavy atom. The Hall–Kier alpha value is -0.980. The van der Waals surface area contributed by atoms with Gasteiger partial charge in [-0.25, -0.2) is 5.48 Å². The number of allylic oxidation sites excluding steroid dienone is 1. The highest BCUT2D eigenvalue weighted by atomic mass is 35.5. The summed E-state index contributed by atoms with van der Waals surface area (Å²) in [6, 6.07) is 0. The first-order valence-electron chi connectivity index (χ1n) is 2.24. The summed E-state index contributed by atoms with van der Waals surface area (Å²) in [7, 11) is 0. The fourth-order valence-electron chi connectivity index (χ4n) is 0.427. The predicted molar refractivity (Wildman–Crippen MR) is 29.9 cm³/mol. The highest BCUT2D eigenvalue weighted by molar-refractivity contribution is 6.67. The van der Waals surface area contributed by atoms with Crippen LogP contribution in [0, 0.1) is 0 Å². The van der Waals surface area contributed by atoms with Gasteiger partial charge in [-0.3, -0.25) is 10.0 Å². The normalized spacial score (nSPS) is 17.6. The molecule has 0 aromatic heterocycles. The largest absolute Gasteiger partial charge is 0.379 e. The third-order valence-corrected chi connectivity index (χ3v) is 1.08. The van der Waals surface area contributed by atoms with Gasteiger partial charge >= 0.3 is 0 Å². The molecule has 0 saturated heterocycles. The lowest BCUT2D eigenvalue weighted by Gasteiger charge is -2.02. The first-order chi connectivity index (χ1) is 4.63. The summed E-state index contributed by atoms with van der Waals surface area (Å²) in [6.45, 7) is 0. The molecule has 1 aliphatic heterocycles. The minimum Gasteiger partial charge on any atom is -0.379 e. The van der Waals surface area contributed by atoms with E-state index in [1.54, 1.807) is 0 Å². The van der Waals surface area contributed by atoms with Crippen LogP contribution >= 0.6 is 11.6 Å². The highest BCUT2D eigenvalue weighted by Crippen LogP contribution is 2.10. The van der Waals surface area contributed by atoms with Gasteiger partial charge in [-0.2, -0.15) is 0 Å². The van der Waals surface area contributed by atoms with Crippen LogP contribution in [0.25, 0.3) is 0 Å². The SMILES string of the molecule is NC1=C(C(=O)Cl)NON1O. The number of hydroxylamine groups is 3. The van der Waals surface area contributed by atoms with E-state index in [0.29, 0.717) is 0 Å². The summed E-state index contributed by atoms with van der Waals surface area (Å²) in [5.74, 6) is -0.264. The van der Waals surface area contributed by atoms with E-state index in [4.69, 9.17) is 22.5 Å². The van der Waals surface area contributed by atoms with E-state index in [1.165, 1.54) is 0 Å². The molecule has 6 nitrogen and oxygen atoms in total. The van der Waals surface area contributed by atoms with Crippen LogP contribution in [0.4, 0.5) is 0 Å². The summed E-state index contributed by atoms with van der Waals surface area (Å²) in [5.41, 5.74) is 6.91. The maximum atomic E-state index is 10.3. The van der Waals surface area contributed by atoms with Crippen molar-refractivity contribution < 1.29 is 14.9 Å². The third kappa shape index (κ3) is 0.991. The van der Waals surface area contributed by atoms with Gasteiger partial charge in [0.05, 0.1) is 0 Å². The summed E-state index contributed by atoms with van der Waals surface area (Å²) >= 11 is 4.99. The van der Waals surface area contributed by atoms with Gasteiger partial charge < -0.3 is 5.73 Å². The van der Waals surface area contributed by atoms with E-state index in [-0.39, 0.29) is 16.7 Å². The van der Waals surface area contributed by atoms with Gasteiger partial charge in [-0.1, -0.05) is 5.23 Å². The fourth-order valence-corrected chi connectivity index (χ4v) is 0.562. The summed E-state index contributed by atoms with van der Waals surface area (Å²) in [4.78, 5) is 14.5. The molecule has 0 radical (unpaired) electrons. The van der Waals surface area contributed by atoms with Crippen molar-refractivity contribution in [2.45, 2.75) is 0 Å². The van der Waals surface area contributed by atoms with Crippen LogP contribution < -0.4 is 11.2 Å². The van der Waals surface area contributed by atoms with E-state index in [9.17, 15) is 4.79 Å². The molecule has 4 N–H and O–H groups in total. The molecule has 0 aromatic rings. The van der Waals surface area contributed by atoms with E-state index in [0.717, 1.165) is 0 Å². The molecule has 0 bridgehead atoms. The molecular formula is C3H4ClN3O3. The Morgan fingerprint density at radius 3 is 2.70 bits per heavy atom. The van der Waals surface area contributed by atoms with Crippen LogP contribution in [0.1, 0.15) is 0 Å². The number of nitrogens with two attached hydrogens (primary N) is 1. The van der Waals surface area contributed by atoms with E-state index in [1.807, 2.05) is 5.48 Å². The standard InChI is InChI=1S/C3H4ClN3O3/c4-2(8)1-3(5)7(9)10-6-1/h6,9H,5H2. The molecule has 7 heteroatoms. The molecular weight excluding hydrogens is 162 g/mol. The lowest BCUT2D eigenvalue weighted by atomic mass is 10.5. The predicted octanol–water partition coefficient (Wildman–Crippen LogP) is -0.979. The summed E-state index contributed by atoms with van der Waals surface area (Å²) in [5, 5.41) is 7.95. The van der Waals surface area contributed by atoms with Crippen molar-refractivity contribution >= 4 is 16.8 Å². The minimum atomic E-state index is -0.825. The lowest BCUT2D eigenvalue weighted by Crippen LogP contribution is -2.20. The average Bonchev–Trinajstić information content (AvgIpc) is 2.14. The van der Waals surface area contributed by atoms with Gasteiger partial charge in [0, 0.05) is 0 Å². The van der Waals surface area contributed by atoms with Crippen molar-refractivity contribution in [3.63, 3.8) is 0 Å². The van der Waals surface area contributed by atoms with Gasteiger partial charge in [0.1, 0.15) is 0 Å². The molecule has 0 aromatic carbocycles. The molecule has 0 spiro atoms. The second-order valence-corrected chi connectivity index (χ2v) is 1.84. The zero-order valence-electron chi connectivity index (χ0n) is 4.67. The molecule has 0 atom stereocenters. The van der Waals surface area contributed by atoms with Gasteiger partial charge in [0.15, 0.2) is 11.5 Å². The van der Waals surface area contributed by atoms with Crippen LogP contribution in [0.2, 0.25) is 0 Å². The molecule has 0 aliphatic carbocycles. The Morgan fingerprint density at radius 1 is 1.90 bits per heavy atom. The number of carbonyl (C=O) groups is 1. The van der Waals surface area contributed by atoms with Gasteiger partial charge in [0.25, 0.3) is 5.24 Å². The number of rotatable bonds is 1. The Labute approximate surface area is 60.7 Å². The quantitative estimate of drug-likeness (QED) is 0.433. The van der Waals surface area contributed by atoms with Crippen molar-refractivity contribution in [1.82, 2.24) is 10.7 Å². The van der Waals surface area contributed by atoms with Crippen LogP contribution in [0.3, 0.4) is 0 Å². The van der Waals surface area contributed by atoms with E-state index in [2.05, 4.69) is 4.94 Å². The number of nitrogens with one attached hydrogen (secondary N) is 1. The van der Waals surface area contributed by atoms with Gasteiger partial charge in [-0.15, -0.1) is 4.94 Å². The average molecular weight is 166 g/mol. The zero-order valence-corrected chi connectivity index (χ0v) is 5.42. The zero-order chi connectivity index (χ0) is 7.72. The van der Waals surface area contributed by atoms with Crippen molar-refractivity contribution in [3.05, 3.63) is 11.5 Å². The second kappa shape index (κ2) is 2.33. The highest BCUT2D eigenvalue weighted by Gasteiger charge is 2.23. The summed E-state index contributed by atoms with van der Waals surface area (Å²) in [6.07, 6.45) is 0. The van der Waals surface area contributed by atoms with E-state index < -0.39 is 5.24 Å². The van der Waals surface area contributed by atoms with Crippen molar-refractivity contribution in [2.75, 3.05) is 0 Å². The topological polar surface area (TPSA) is 87.8 Å². The molecule has 1 aliphatic rings. The maximum Gasteiger partial charge on any atom is 0.274 e.